The van der Waals surface area contributed by atoms with Crippen LogP contribution in [0.1, 0.15) is 160 Å². The van der Waals surface area contributed by atoms with E-state index in [4.69, 9.17) is 4.42 Å². The predicted molar refractivity (Wildman–Crippen MR) is 329 cm³/mol. The van der Waals surface area contributed by atoms with Gasteiger partial charge in [0, 0.05) is 50.6 Å². The van der Waals surface area contributed by atoms with Crippen molar-refractivity contribution in [2.24, 2.45) is 0 Å². The van der Waals surface area contributed by atoms with Gasteiger partial charge in [-0.05, 0) is 201 Å². The molecule has 3 aliphatic heterocycles. The Bertz CT molecular complexity index is 4110. The number of para-hydroxylation sites is 2. The fraction of sp³-hybridized carbons (Fsp3) is 0.342. The zero-order valence-corrected chi connectivity index (χ0v) is 47.5. The van der Waals surface area contributed by atoms with E-state index < -0.39 is 0 Å². The first-order valence-electron chi connectivity index (χ1n) is 29.5. The van der Waals surface area contributed by atoms with E-state index in [1.165, 1.54) is 132 Å². The highest BCUT2D eigenvalue weighted by molar-refractivity contribution is 7.00. The molecule has 8 aromatic carbocycles. The molecule has 78 heavy (non-hydrogen) atoms. The second-order valence-corrected chi connectivity index (χ2v) is 28.0. The highest BCUT2D eigenvalue weighted by atomic mass is 16.3. The SMILES string of the molecule is CC1(C)CCC(C)(C)c2cc(N3c4cc5c(cc4B4c6c3cc(N3c7ccccc7C7(C)CCCCC37C)cc6N(c3cccc6oc7ccccc7c36)c3ccc6c(c34)Cc3ccccc3-6)C(C)(C)CCC5(C)C)ccc21. The molecule has 2 unspecified atom stereocenters. The molecule has 0 amide bonds. The molecule has 0 saturated heterocycles. The molecule has 1 fully saturated rings. The van der Waals surface area contributed by atoms with Crippen LogP contribution in [0.5, 0.6) is 0 Å². The molecule has 1 saturated carbocycles. The zero-order valence-electron chi connectivity index (χ0n) is 47.5. The smallest absolute Gasteiger partial charge is 0.252 e. The summed E-state index contributed by atoms with van der Waals surface area (Å²) in [6.45, 7) is 25.1. The van der Waals surface area contributed by atoms with Gasteiger partial charge in [0.2, 0.25) is 0 Å². The minimum absolute atomic E-state index is 0.0101. The number of hydrogen-bond donors (Lipinski definition) is 0. The summed E-state index contributed by atoms with van der Waals surface area (Å²) in [5, 5.41) is 2.30. The maximum Gasteiger partial charge on any atom is 0.252 e. The Hall–Kier alpha value is -6.98. The van der Waals surface area contributed by atoms with Gasteiger partial charge in [0.15, 0.2) is 0 Å². The molecular formula is C73H72BN3O. The van der Waals surface area contributed by atoms with Gasteiger partial charge in [-0.25, -0.2) is 0 Å². The summed E-state index contributed by atoms with van der Waals surface area (Å²) < 4.78 is 6.83. The first-order valence-corrected chi connectivity index (χ1v) is 29.5. The van der Waals surface area contributed by atoms with Gasteiger partial charge in [-0.2, -0.15) is 0 Å². The number of rotatable bonds is 3. The summed E-state index contributed by atoms with van der Waals surface area (Å²) in [5.74, 6) is 0. The number of furan rings is 1. The lowest BCUT2D eigenvalue weighted by molar-refractivity contribution is 0.195. The third-order valence-corrected chi connectivity index (χ3v) is 22.0. The van der Waals surface area contributed by atoms with Crippen molar-refractivity contribution in [3.05, 3.63) is 185 Å². The number of benzene rings is 8. The average molecular weight is 1020 g/mol. The molecule has 4 aliphatic carbocycles. The normalized spacial score (nSPS) is 22.9. The van der Waals surface area contributed by atoms with E-state index in [-0.39, 0.29) is 39.3 Å². The lowest BCUT2D eigenvalue weighted by Crippen LogP contribution is -2.63. The molecule has 0 N–H and O–H groups in total. The Kier molecular flexibility index (Phi) is 9.31. The molecule has 2 atom stereocenters. The molecule has 4 heterocycles. The highest BCUT2D eigenvalue weighted by Crippen LogP contribution is 2.63. The van der Waals surface area contributed by atoms with Gasteiger partial charge in [-0.3, -0.25) is 0 Å². The number of fused-ring (bicyclic) bond motifs is 16. The quantitative estimate of drug-likeness (QED) is 0.165. The maximum atomic E-state index is 6.83. The van der Waals surface area contributed by atoms with E-state index in [1.54, 1.807) is 0 Å². The molecule has 16 rings (SSSR count). The van der Waals surface area contributed by atoms with Gasteiger partial charge in [0.1, 0.15) is 11.2 Å². The summed E-state index contributed by atoms with van der Waals surface area (Å²) in [6.07, 6.45) is 10.3. The lowest BCUT2D eigenvalue weighted by atomic mass is 9.32. The molecule has 0 bridgehead atoms. The Balaban J connectivity index is 1.08. The van der Waals surface area contributed by atoms with Gasteiger partial charge < -0.3 is 19.1 Å². The van der Waals surface area contributed by atoms with Crippen LogP contribution in [-0.4, -0.2) is 12.3 Å². The van der Waals surface area contributed by atoms with Gasteiger partial charge in [0.05, 0.1) is 16.6 Å². The van der Waals surface area contributed by atoms with Gasteiger partial charge in [0.25, 0.3) is 6.71 Å². The first-order chi connectivity index (χ1) is 37.4. The second-order valence-electron chi connectivity index (χ2n) is 28.0. The molecular weight excluding hydrogens is 946 g/mol. The Labute approximate surface area is 462 Å². The summed E-state index contributed by atoms with van der Waals surface area (Å²) in [4.78, 5) is 8.32. The fourth-order valence-electron chi connectivity index (χ4n) is 17.2. The molecule has 1 aromatic heterocycles. The number of nitrogens with zero attached hydrogens (tertiary/aromatic N) is 3. The second kappa shape index (κ2) is 15.4. The minimum Gasteiger partial charge on any atom is -0.456 e. The molecule has 388 valence electrons. The van der Waals surface area contributed by atoms with Crippen molar-refractivity contribution in [3.63, 3.8) is 0 Å². The van der Waals surface area contributed by atoms with Gasteiger partial charge >= 0.3 is 0 Å². The topological polar surface area (TPSA) is 22.9 Å². The van der Waals surface area contributed by atoms with E-state index in [0.717, 1.165) is 59.7 Å². The van der Waals surface area contributed by atoms with Crippen molar-refractivity contribution in [2.45, 2.75) is 160 Å². The van der Waals surface area contributed by atoms with Crippen LogP contribution in [0.3, 0.4) is 0 Å². The largest absolute Gasteiger partial charge is 0.456 e. The molecule has 5 heteroatoms. The summed E-state index contributed by atoms with van der Waals surface area (Å²) in [6, 6.07) is 57.5. The van der Waals surface area contributed by atoms with Gasteiger partial charge in [-0.15, -0.1) is 0 Å². The molecule has 9 aromatic rings. The van der Waals surface area contributed by atoms with Crippen molar-refractivity contribution in [2.75, 3.05) is 14.7 Å². The average Bonchev–Trinajstić information content (AvgIpc) is 4.24. The fourth-order valence-corrected chi connectivity index (χ4v) is 17.2. The lowest BCUT2D eigenvalue weighted by Gasteiger charge is -2.51. The van der Waals surface area contributed by atoms with Crippen molar-refractivity contribution in [1.82, 2.24) is 0 Å². The summed E-state index contributed by atoms with van der Waals surface area (Å²) in [7, 11) is 0. The molecule has 4 nitrogen and oxygen atoms in total. The number of anilines is 8. The highest BCUT2D eigenvalue weighted by Gasteiger charge is 2.58. The van der Waals surface area contributed by atoms with Crippen LogP contribution in [0, 0.1) is 0 Å². The Morgan fingerprint density at radius 2 is 1.06 bits per heavy atom. The molecule has 7 aliphatic rings. The molecule has 0 radical (unpaired) electrons. The van der Waals surface area contributed by atoms with Crippen LogP contribution in [-0.2, 0) is 33.5 Å². The minimum atomic E-state index is -0.145. The van der Waals surface area contributed by atoms with Crippen LogP contribution in [0.15, 0.2) is 150 Å². The third kappa shape index (κ3) is 6.04. The standard InChI is InChI=1S/C73H72BN3O/c1-68(2)34-35-69(3,4)53-39-45(28-30-51(53)68)75-60-43-55-54(70(5,6)36-37-71(55,7)8)42-56(60)74-66-50-38-44-20-11-12-21-47(44)48(50)29-31-59(66)76(58-25-19-27-64-65(58)49-22-13-16-26-63(49)78-64)62-41-46(40-61(75)67(62)74)77-57-24-15-14-23-52(57)72(9)32-17-18-33-73(72,77)10/h11-16,19-31,39-43H,17-18,32-38H2,1-10H3. The Morgan fingerprint density at radius 1 is 0.423 bits per heavy atom. The van der Waals surface area contributed by atoms with Gasteiger partial charge in [-0.1, -0.05) is 160 Å². The van der Waals surface area contributed by atoms with Crippen LogP contribution in [0.4, 0.5) is 45.5 Å². The van der Waals surface area contributed by atoms with Crippen LogP contribution in [0.25, 0.3) is 33.1 Å². The van der Waals surface area contributed by atoms with E-state index in [9.17, 15) is 0 Å². The van der Waals surface area contributed by atoms with E-state index in [0.29, 0.717) is 0 Å². The monoisotopic (exact) mass is 1020 g/mol. The van der Waals surface area contributed by atoms with Crippen molar-refractivity contribution in [1.29, 1.82) is 0 Å². The van der Waals surface area contributed by atoms with Crippen molar-refractivity contribution in [3.8, 4) is 11.1 Å². The maximum absolute atomic E-state index is 6.83. The predicted octanol–water partition coefficient (Wildman–Crippen LogP) is 17.7. The van der Waals surface area contributed by atoms with Crippen LogP contribution >= 0.6 is 0 Å². The number of hydrogen-bond acceptors (Lipinski definition) is 4. The summed E-state index contributed by atoms with van der Waals surface area (Å²) >= 11 is 0. The van der Waals surface area contributed by atoms with Crippen LogP contribution in [0.2, 0.25) is 0 Å². The van der Waals surface area contributed by atoms with Crippen LogP contribution < -0.4 is 31.1 Å². The van der Waals surface area contributed by atoms with Crippen molar-refractivity contribution < 1.29 is 4.42 Å². The van der Waals surface area contributed by atoms with E-state index in [1.807, 2.05) is 0 Å². The van der Waals surface area contributed by atoms with E-state index in [2.05, 4.69) is 230 Å². The summed E-state index contributed by atoms with van der Waals surface area (Å²) in [5.41, 5.74) is 29.4. The van der Waals surface area contributed by atoms with E-state index >= 15 is 0 Å². The first kappa shape index (κ1) is 47.1. The Morgan fingerprint density at radius 3 is 1.86 bits per heavy atom. The van der Waals surface area contributed by atoms with Crippen molar-refractivity contribution >= 4 is 90.5 Å². The molecule has 0 spiro atoms. The third-order valence-electron chi connectivity index (χ3n) is 22.0. The zero-order chi connectivity index (χ0) is 53.2.